The molecule has 148 valence electrons. The van der Waals surface area contributed by atoms with Crippen molar-refractivity contribution in [1.29, 1.82) is 0 Å². The van der Waals surface area contributed by atoms with Crippen LogP contribution in [0, 0.1) is 0 Å². The molecule has 9 heteroatoms. The van der Waals surface area contributed by atoms with Crippen molar-refractivity contribution in [3.05, 3.63) is 65.7 Å². The fourth-order valence-electron chi connectivity index (χ4n) is 2.61. The first-order chi connectivity index (χ1) is 14.1. The minimum Gasteiger partial charge on any atom is -0.545 e. The first kappa shape index (κ1) is 20.3. The van der Waals surface area contributed by atoms with Gasteiger partial charge in [0.05, 0.1) is 17.9 Å². The van der Waals surface area contributed by atoms with Crippen molar-refractivity contribution >= 4 is 29.9 Å². The number of amides is 1. The molecule has 0 saturated heterocycles. The second kappa shape index (κ2) is 9.65. The summed E-state index contributed by atoms with van der Waals surface area (Å²) in [6.07, 6.45) is 1.27. The highest BCUT2D eigenvalue weighted by molar-refractivity contribution is 7.99. The standard InChI is InChI=1S/C20H19N5O3S/c1-2-25-18(14-8-4-3-5-9-14)23-24-20(25)29-13-17(26)22-21-12-15-10-6-7-11-16(15)19(27)28/h3-12H,2,13H2,1H3,(H,22,26)(H,27,28)/p-1. The summed E-state index contributed by atoms with van der Waals surface area (Å²) in [6.45, 7) is 2.65. The zero-order valence-corrected chi connectivity index (χ0v) is 16.4. The summed E-state index contributed by atoms with van der Waals surface area (Å²) in [7, 11) is 0. The maximum Gasteiger partial charge on any atom is 0.250 e. The summed E-state index contributed by atoms with van der Waals surface area (Å²) in [4.78, 5) is 23.1. The van der Waals surface area contributed by atoms with E-state index in [0.29, 0.717) is 17.3 Å². The van der Waals surface area contributed by atoms with Gasteiger partial charge in [0, 0.05) is 23.2 Å². The van der Waals surface area contributed by atoms with Crippen molar-refractivity contribution in [3.63, 3.8) is 0 Å². The molecule has 0 aliphatic rings. The maximum atomic E-state index is 12.1. The molecular weight excluding hydrogens is 390 g/mol. The van der Waals surface area contributed by atoms with E-state index in [2.05, 4.69) is 20.7 Å². The van der Waals surface area contributed by atoms with Crippen LogP contribution in [0.25, 0.3) is 11.4 Å². The molecule has 29 heavy (non-hydrogen) atoms. The quantitative estimate of drug-likeness (QED) is 0.344. The molecule has 3 aromatic rings. The van der Waals surface area contributed by atoms with Crippen molar-refractivity contribution in [1.82, 2.24) is 20.2 Å². The largest absolute Gasteiger partial charge is 0.545 e. The predicted octanol–water partition coefficient (Wildman–Crippen LogP) is 1.57. The normalized spacial score (nSPS) is 10.9. The Morgan fingerprint density at radius 2 is 1.86 bits per heavy atom. The van der Waals surface area contributed by atoms with E-state index in [1.807, 2.05) is 41.8 Å². The fourth-order valence-corrected chi connectivity index (χ4v) is 3.41. The van der Waals surface area contributed by atoms with E-state index in [9.17, 15) is 14.7 Å². The van der Waals surface area contributed by atoms with E-state index in [0.717, 1.165) is 11.4 Å². The molecule has 0 atom stereocenters. The van der Waals surface area contributed by atoms with Crippen molar-refractivity contribution < 1.29 is 14.7 Å². The van der Waals surface area contributed by atoms with Crippen LogP contribution in [0.2, 0.25) is 0 Å². The van der Waals surface area contributed by atoms with Crippen LogP contribution in [0.3, 0.4) is 0 Å². The van der Waals surface area contributed by atoms with E-state index in [1.165, 1.54) is 24.0 Å². The maximum absolute atomic E-state index is 12.1. The number of hydrogen-bond donors (Lipinski definition) is 1. The average Bonchev–Trinajstić information content (AvgIpc) is 3.16. The smallest absolute Gasteiger partial charge is 0.250 e. The van der Waals surface area contributed by atoms with E-state index in [1.54, 1.807) is 18.2 Å². The molecule has 0 radical (unpaired) electrons. The number of nitrogens with one attached hydrogen (secondary N) is 1. The van der Waals surface area contributed by atoms with Crippen molar-refractivity contribution in [2.24, 2.45) is 5.10 Å². The fraction of sp³-hybridized carbons (Fsp3) is 0.150. The Morgan fingerprint density at radius 1 is 1.14 bits per heavy atom. The van der Waals surface area contributed by atoms with Crippen molar-refractivity contribution in [2.75, 3.05) is 5.75 Å². The van der Waals surface area contributed by atoms with Crippen LogP contribution < -0.4 is 10.5 Å². The van der Waals surface area contributed by atoms with Gasteiger partial charge in [0.25, 0.3) is 5.91 Å². The SMILES string of the molecule is CCn1c(SCC(=O)NN=Cc2ccccc2C(=O)[O-])nnc1-c1ccccc1. The molecule has 0 spiro atoms. The third-order valence-corrected chi connectivity index (χ3v) is 4.94. The molecule has 2 aromatic carbocycles. The predicted molar refractivity (Wildman–Crippen MR) is 108 cm³/mol. The molecule has 0 saturated carbocycles. The summed E-state index contributed by atoms with van der Waals surface area (Å²) < 4.78 is 1.94. The summed E-state index contributed by atoms with van der Waals surface area (Å²) >= 11 is 1.25. The minimum absolute atomic E-state index is 0.00404. The van der Waals surface area contributed by atoms with Gasteiger partial charge in [-0.3, -0.25) is 4.79 Å². The van der Waals surface area contributed by atoms with Crippen LogP contribution in [0.15, 0.2) is 64.9 Å². The number of benzene rings is 2. The molecule has 1 amide bonds. The molecular formula is C20H18N5O3S-. The molecule has 0 aliphatic carbocycles. The van der Waals surface area contributed by atoms with Crippen molar-refractivity contribution in [2.45, 2.75) is 18.6 Å². The molecule has 0 fully saturated rings. The number of carboxylic acid groups (broad SMARTS) is 1. The number of nitrogens with zero attached hydrogens (tertiary/aromatic N) is 4. The number of hydrogen-bond acceptors (Lipinski definition) is 7. The van der Waals surface area contributed by atoms with Gasteiger partial charge in [-0.25, -0.2) is 5.43 Å². The van der Waals surface area contributed by atoms with Crippen molar-refractivity contribution in [3.8, 4) is 11.4 Å². The van der Waals surface area contributed by atoms with Crippen LogP contribution in [0.4, 0.5) is 0 Å². The van der Waals surface area contributed by atoms with Crippen LogP contribution in [-0.4, -0.2) is 38.6 Å². The Morgan fingerprint density at radius 3 is 2.59 bits per heavy atom. The van der Waals surface area contributed by atoms with Gasteiger partial charge in [-0.15, -0.1) is 10.2 Å². The Labute approximate surface area is 171 Å². The highest BCUT2D eigenvalue weighted by Gasteiger charge is 2.14. The summed E-state index contributed by atoms with van der Waals surface area (Å²) in [6, 6.07) is 16.0. The number of aromatic carboxylic acids is 1. The molecule has 8 nitrogen and oxygen atoms in total. The lowest BCUT2D eigenvalue weighted by molar-refractivity contribution is -0.255. The number of aromatic nitrogens is 3. The Kier molecular flexibility index (Phi) is 6.75. The zero-order valence-electron chi connectivity index (χ0n) is 15.6. The molecule has 3 rings (SSSR count). The highest BCUT2D eigenvalue weighted by Crippen LogP contribution is 2.23. The Bertz CT molecular complexity index is 1030. The molecule has 1 heterocycles. The number of hydrazone groups is 1. The van der Waals surface area contributed by atoms with Crippen LogP contribution in [0.1, 0.15) is 22.8 Å². The molecule has 0 unspecified atom stereocenters. The van der Waals surface area contributed by atoms with Gasteiger partial charge in [-0.1, -0.05) is 66.4 Å². The minimum atomic E-state index is -1.30. The van der Waals surface area contributed by atoms with Gasteiger partial charge in [-0.2, -0.15) is 5.10 Å². The van der Waals surface area contributed by atoms with Gasteiger partial charge in [0.15, 0.2) is 11.0 Å². The third-order valence-electron chi connectivity index (χ3n) is 3.97. The second-order valence-corrected chi connectivity index (χ2v) is 6.82. The summed E-state index contributed by atoms with van der Waals surface area (Å²) in [5.41, 5.74) is 3.69. The first-order valence-electron chi connectivity index (χ1n) is 8.84. The van der Waals surface area contributed by atoms with Gasteiger partial charge in [0.2, 0.25) is 0 Å². The zero-order chi connectivity index (χ0) is 20.6. The van der Waals surface area contributed by atoms with Gasteiger partial charge in [0.1, 0.15) is 0 Å². The number of rotatable bonds is 8. The lowest BCUT2D eigenvalue weighted by atomic mass is 10.1. The number of carbonyl (C=O) groups is 2. The molecule has 0 aliphatic heterocycles. The van der Waals surface area contributed by atoms with E-state index in [4.69, 9.17) is 0 Å². The number of carbonyl (C=O) groups excluding carboxylic acids is 2. The summed E-state index contributed by atoms with van der Waals surface area (Å²) in [5.74, 6) is -0.814. The molecule has 1 N–H and O–H groups in total. The number of thioether (sulfide) groups is 1. The van der Waals surface area contributed by atoms with Gasteiger partial charge in [-0.05, 0) is 6.92 Å². The topological polar surface area (TPSA) is 112 Å². The van der Waals surface area contributed by atoms with E-state index in [-0.39, 0.29) is 17.2 Å². The first-order valence-corrected chi connectivity index (χ1v) is 9.82. The third kappa shape index (κ3) is 5.08. The number of carboxylic acids is 1. The highest BCUT2D eigenvalue weighted by atomic mass is 32.2. The lowest BCUT2D eigenvalue weighted by Gasteiger charge is -2.07. The van der Waals surface area contributed by atoms with Crippen LogP contribution in [0.5, 0.6) is 0 Å². The van der Waals surface area contributed by atoms with E-state index >= 15 is 0 Å². The van der Waals surface area contributed by atoms with Crippen LogP contribution >= 0.6 is 11.8 Å². The van der Waals surface area contributed by atoms with E-state index < -0.39 is 5.97 Å². The lowest BCUT2D eigenvalue weighted by Crippen LogP contribution is -2.24. The monoisotopic (exact) mass is 408 g/mol. The average molecular weight is 408 g/mol. The van der Waals surface area contributed by atoms with Crippen LogP contribution in [-0.2, 0) is 11.3 Å². The van der Waals surface area contributed by atoms with Gasteiger partial charge < -0.3 is 14.5 Å². The molecule has 0 bridgehead atoms. The Hall–Kier alpha value is -3.46. The Balaban J connectivity index is 1.60. The van der Waals surface area contributed by atoms with Gasteiger partial charge >= 0.3 is 0 Å². The molecule has 1 aromatic heterocycles. The second-order valence-electron chi connectivity index (χ2n) is 5.87. The summed E-state index contributed by atoms with van der Waals surface area (Å²) in [5, 5.41) is 23.9.